The smallest absolute Gasteiger partial charge is 0.292 e. The van der Waals surface area contributed by atoms with Crippen molar-refractivity contribution in [1.82, 2.24) is 14.8 Å². The standard InChI is InChI=1S/C16H12N4O2S2/c1-10-8-14(18-15(21)12-4-2-6-22-12)20(19-10)16-17-11(9-24-16)13-5-3-7-23-13/h2-9H,1H3,(H,18,21). The zero-order chi connectivity index (χ0) is 16.5. The van der Waals surface area contributed by atoms with E-state index in [1.54, 1.807) is 34.2 Å². The molecule has 0 aromatic carbocycles. The third-order valence-corrected chi connectivity index (χ3v) is 4.97. The van der Waals surface area contributed by atoms with Crippen molar-refractivity contribution in [3.8, 4) is 15.7 Å². The molecule has 0 aliphatic carbocycles. The van der Waals surface area contributed by atoms with E-state index >= 15 is 0 Å². The normalized spacial score (nSPS) is 10.9. The summed E-state index contributed by atoms with van der Waals surface area (Å²) in [5.74, 6) is 0.482. The van der Waals surface area contributed by atoms with Gasteiger partial charge in [0.25, 0.3) is 5.91 Å². The van der Waals surface area contributed by atoms with E-state index in [0.717, 1.165) is 16.3 Å². The Hall–Kier alpha value is -2.71. The van der Waals surface area contributed by atoms with Crippen molar-refractivity contribution in [1.29, 1.82) is 0 Å². The fourth-order valence-corrected chi connectivity index (χ4v) is 3.77. The minimum absolute atomic E-state index is 0.249. The molecule has 0 spiro atoms. The minimum Gasteiger partial charge on any atom is -0.459 e. The number of hydrogen-bond acceptors (Lipinski definition) is 6. The van der Waals surface area contributed by atoms with Gasteiger partial charge in [0.1, 0.15) is 5.82 Å². The zero-order valence-electron chi connectivity index (χ0n) is 12.6. The molecule has 8 heteroatoms. The second-order valence-electron chi connectivity index (χ2n) is 5.01. The lowest BCUT2D eigenvalue weighted by Crippen LogP contribution is -2.14. The van der Waals surface area contributed by atoms with Crippen molar-refractivity contribution < 1.29 is 9.21 Å². The Morgan fingerprint density at radius 3 is 2.96 bits per heavy atom. The Kier molecular flexibility index (Phi) is 3.75. The van der Waals surface area contributed by atoms with Crippen LogP contribution in [-0.2, 0) is 0 Å². The van der Waals surface area contributed by atoms with Crippen LogP contribution in [0.25, 0.3) is 15.7 Å². The molecular formula is C16H12N4O2S2. The highest BCUT2D eigenvalue weighted by Gasteiger charge is 2.16. The van der Waals surface area contributed by atoms with E-state index in [1.807, 2.05) is 29.8 Å². The van der Waals surface area contributed by atoms with E-state index < -0.39 is 0 Å². The first-order chi connectivity index (χ1) is 11.7. The molecule has 0 radical (unpaired) electrons. The van der Waals surface area contributed by atoms with Gasteiger partial charge in [-0.1, -0.05) is 6.07 Å². The lowest BCUT2D eigenvalue weighted by atomic mass is 10.4. The van der Waals surface area contributed by atoms with Gasteiger partial charge in [0, 0.05) is 11.4 Å². The summed E-state index contributed by atoms with van der Waals surface area (Å²) in [5.41, 5.74) is 1.69. The number of carbonyl (C=O) groups is 1. The molecule has 4 aromatic rings. The van der Waals surface area contributed by atoms with Crippen LogP contribution in [0.3, 0.4) is 0 Å². The molecule has 0 aliphatic rings. The zero-order valence-corrected chi connectivity index (χ0v) is 14.2. The van der Waals surface area contributed by atoms with Crippen molar-refractivity contribution in [2.75, 3.05) is 5.32 Å². The first kappa shape index (κ1) is 14.9. The topological polar surface area (TPSA) is 73.0 Å². The van der Waals surface area contributed by atoms with E-state index in [1.165, 1.54) is 17.6 Å². The predicted molar refractivity (Wildman–Crippen MR) is 93.9 cm³/mol. The molecule has 0 atom stereocenters. The van der Waals surface area contributed by atoms with Gasteiger partial charge in [-0.25, -0.2) is 4.98 Å². The van der Waals surface area contributed by atoms with E-state index in [9.17, 15) is 4.79 Å². The number of amides is 1. The summed E-state index contributed by atoms with van der Waals surface area (Å²) in [6, 6.07) is 9.10. The van der Waals surface area contributed by atoms with Crippen molar-refractivity contribution in [3.05, 3.63) is 58.8 Å². The lowest BCUT2D eigenvalue weighted by Gasteiger charge is -2.04. The van der Waals surface area contributed by atoms with Crippen LogP contribution >= 0.6 is 22.7 Å². The van der Waals surface area contributed by atoms with E-state index in [4.69, 9.17) is 4.42 Å². The largest absolute Gasteiger partial charge is 0.459 e. The Balaban J connectivity index is 1.65. The molecule has 0 saturated carbocycles. The fraction of sp³-hybridized carbons (Fsp3) is 0.0625. The molecule has 4 rings (SSSR count). The summed E-state index contributed by atoms with van der Waals surface area (Å²) in [6.45, 7) is 1.87. The molecule has 1 amide bonds. The van der Waals surface area contributed by atoms with Gasteiger partial charge in [-0.05, 0) is 30.5 Å². The average Bonchev–Trinajstić information content (AvgIpc) is 3.35. The van der Waals surface area contributed by atoms with Gasteiger partial charge in [-0.2, -0.15) is 9.78 Å². The molecule has 0 saturated heterocycles. The van der Waals surface area contributed by atoms with Crippen LogP contribution in [0.15, 0.2) is 51.8 Å². The quantitative estimate of drug-likeness (QED) is 0.594. The number of carbonyl (C=O) groups excluding carboxylic acids is 1. The van der Waals surface area contributed by atoms with Gasteiger partial charge in [-0.15, -0.1) is 22.7 Å². The van der Waals surface area contributed by atoms with E-state index in [2.05, 4.69) is 15.4 Å². The highest BCUT2D eigenvalue weighted by Crippen LogP contribution is 2.29. The molecule has 4 heterocycles. The minimum atomic E-state index is -0.323. The molecule has 0 fully saturated rings. The van der Waals surface area contributed by atoms with Crippen molar-refractivity contribution in [3.63, 3.8) is 0 Å². The van der Waals surface area contributed by atoms with Crippen molar-refractivity contribution in [2.24, 2.45) is 0 Å². The first-order valence-corrected chi connectivity index (χ1v) is 8.88. The number of anilines is 1. The van der Waals surface area contributed by atoms with Crippen LogP contribution in [0.5, 0.6) is 0 Å². The number of furan rings is 1. The molecule has 24 heavy (non-hydrogen) atoms. The second kappa shape index (κ2) is 6.06. The molecule has 0 bridgehead atoms. The monoisotopic (exact) mass is 356 g/mol. The molecule has 1 N–H and O–H groups in total. The van der Waals surface area contributed by atoms with Crippen LogP contribution < -0.4 is 5.32 Å². The molecule has 120 valence electrons. The number of thiophene rings is 1. The highest BCUT2D eigenvalue weighted by atomic mass is 32.1. The van der Waals surface area contributed by atoms with Gasteiger partial charge in [0.15, 0.2) is 5.76 Å². The molecular weight excluding hydrogens is 344 g/mol. The van der Waals surface area contributed by atoms with Crippen molar-refractivity contribution in [2.45, 2.75) is 6.92 Å². The Labute approximate surface area is 145 Å². The van der Waals surface area contributed by atoms with Crippen LogP contribution in [0.1, 0.15) is 16.2 Å². The van der Waals surface area contributed by atoms with Crippen LogP contribution in [0.2, 0.25) is 0 Å². The van der Waals surface area contributed by atoms with Gasteiger partial charge < -0.3 is 9.73 Å². The summed E-state index contributed by atoms with van der Waals surface area (Å²) < 4.78 is 6.76. The van der Waals surface area contributed by atoms with Gasteiger partial charge in [0.2, 0.25) is 5.13 Å². The maximum atomic E-state index is 12.2. The number of aryl methyl sites for hydroxylation is 1. The number of aromatic nitrogens is 3. The molecule has 6 nitrogen and oxygen atoms in total. The SMILES string of the molecule is Cc1cc(NC(=O)c2ccco2)n(-c2nc(-c3cccs3)cs2)n1. The number of thiazole rings is 1. The van der Waals surface area contributed by atoms with Gasteiger partial charge in [0.05, 0.1) is 22.5 Å². The van der Waals surface area contributed by atoms with Gasteiger partial charge in [-0.3, -0.25) is 4.79 Å². The van der Waals surface area contributed by atoms with Crippen molar-refractivity contribution >= 4 is 34.4 Å². The fourth-order valence-electron chi connectivity index (χ4n) is 2.22. The van der Waals surface area contributed by atoms with Gasteiger partial charge >= 0.3 is 0 Å². The Morgan fingerprint density at radius 1 is 1.29 bits per heavy atom. The lowest BCUT2D eigenvalue weighted by molar-refractivity contribution is 0.0996. The van der Waals surface area contributed by atoms with Crippen LogP contribution in [-0.4, -0.2) is 20.7 Å². The summed E-state index contributed by atoms with van der Waals surface area (Å²) >= 11 is 3.11. The number of hydrogen-bond donors (Lipinski definition) is 1. The highest BCUT2D eigenvalue weighted by molar-refractivity contribution is 7.15. The maximum Gasteiger partial charge on any atom is 0.292 e. The third kappa shape index (κ3) is 2.77. The second-order valence-corrected chi connectivity index (χ2v) is 6.79. The number of nitrogens with one attached hydrogen (secondary N) is 1. The number of rotatable bonds is 4. The Morgan fingerprint density at radius 2 is 2.21 bits per heavy atom. The number of nitrogens with zero attached hydrogens (tertiary/aromatic N) is 3. The molecule has 4 aromatic heterocycles. The van der Waals surface area contributed by atoms with E-state index in [0.29, 0.717) is 10.9 Å². The summed E-state index contributed by atoms with van der Waals surface area (Å²) in [6.07, 6.45) is 1.46. The van der Waals surface area contributed by atoms with Crippen LogP contribution in [0.4, 0.5) is 5.82 Å². The predicted octanol–water partition coefficient (Wildman–Crippen LogP) is 4.21. The first-order valence-electron chi connectivity index (χ1n) is 7.12. The summed E-state index contributed by atoms with van der Waals surface area (Å²) in [4.78, 5) is 17.9. The molecule has 0 aliphatic heterocycles. The third-order valence-electron chi connectivity index (χ3n) is 3.26. The van der Waals surface area contributed by atoms with Crippen LogP contribution in [0, 0.1) is 6.92 Å². The Bertz CT molecular complexity index is 968. The molecule has 0 unspecified atom stereocenters. The average molecular weight is 356 g/mol. The summed E-state index contributed by atoms with van der Waals surface area (Å²) in [5, 5.41) is 11.9. The summed E-state index contributed by atoms with van der Waals surface area (Å²) in [7, 11) is 0. The maximum absolute atomic E-state index is 12.2. The van der Waals surface area contributed by atoms with E-state index in [-0.39, 0.29) is 11.7 Å².